The molecule has 0 aliphatic rings. The topological polar surface area (TPSA) is 46.5 Å². The van der Waals surface area contributed by atoms with Gasteiger partial charge in [-0.05, 0) is 36.4 Å². The molecule has 1 N–H and O–H groups in total. The number of esters is 1. The van der Waals surface area contributed by atoms with E-state index in [2.05, 4.69) is 0 Å². The molecule has 2 rings (SSSR count). The maximum Gasteiger partial charge on any atom is 0.306 e. The fourth-order valence-electron chi connectivity index (χ4n) is 1.77. The van der Waals surface area contributed by atoms with Crippen molar-refractivity contribution in [1.82, 2.24) is 0 Å². The standard InChI is InChI=1S/C13H14O3S/c1-2-16-12(15)6-4-9-3-5-11(14)10-7-8-17-13(9)10/h3,5,7-8,14H,2,4,6H2,1H3. The van der Waals surface area contributed by atoms with Gasteiger partial charge in [0.1, 0.15) is 5.75 Å². The molecular formula is C13H14O3S. The van der Waals surface area contributed by atoms with Gasteiger partial charge in [0, 0.05) is 16.5 Å². The number of aryl methyl sites for hydroxylation is 1. The summed E-state index contributed by atoms with van der Waals surface area (Å²) in [4.78, 5) is 11.3. The Morgan fingerprint density at radius 3 is 3.00 bits per heavy atom. The first-order valence-corrected chi connectivity index (χ1v) is 6.44. The molecule has 17 heavy (non-hydrogen) atoms. The number of carbonyl (C=O) groups excluding carboxylic acids is 1. The third-order valence-electron chi connectivity index (χ3n) is 2.58. The zero-order valence-electron chi connectivity index (χ0n) is 9.60. The molecule has 1 heterocycles. The summed E-state index contributed by atoms with van der Waals surface area (Å²) in [5, 5.41) is 12.5. The molecule has 0 bridgehead atoms. The van der Waals surface area contributed by atoms with Crippen molar-refractivity contribution in [3.8, 4) is 5.75 Å². The highest BCUT2D eigenvalue weighted by atomic mass is 32.1. The minimum Gasteiger partial charge on any atom is -0.507 e. The first-order chi connectivity index (χ1) is 8.22. The predicted molar refractivity (Wildman–Crippen MR) is 68.4 cm³/mol. The largest absolute Gasteiger partial charge is 0.507 e. The third-order valence-corrected chi connectivity index (χ3v) is 3.57. The monoisotopic (exact) mass is 250 g/mol. The minimum absolute atomic E-state index is 0.176. The number of hydrogen-bond acceptors (Lipinski definition) is 4. The van der Waals surface area contributed by atoms with E-state index in [-0.39, 0.29) is 5.97 Å². The first-order valence-electron chi connectivity index (χ1n) is 5.56. The Kier molecular flexibility index (Phi) is 3.64. The molecule has 0 radical (unpaired) electrons. The van der Waals surface area contributed by atoms with E-state index in [0.717, 1.165) is 15.6 Å². The van der Waals surface area contributed by atoms with Crippen LogP contribution in [0.1, 0.15) is 18.9 Å². The van der Waals surface area contributed by atoms with Gasteiger partial charge < -0.3 is 9.84 Å². The van der Waals surface area contributed by atoms with Crippen LogP contribution in [-0.4, -0.2) is 17.7 Å². The number of fused-ring (bicyclic) bond motifs is 1. The fraction of sp³-hybridized carbons (Fsp3) is 0.308. The number of rotatable bonds is 4. The van der Waals surface area contributed by atoms with Crippen molar-refractivity contribution in [2.24, 2.45) is 0 Å². The zero-order chi connectivity index (χ0) is 12.3. The Morgan fingerprint density at radius 2 is 2.24 bits per heavy atom. The summed E-state index contributed by atoms with van der Waals surface area (Å²) in [6, 6.07) is 5.44. The van der Waals surface area contributed by atoms with Gasteiger partial charge >= 0.3 is 5.97 Å². The van der Waals surface area contributed by atoms with Crippen LogP contribution in [0.3, 0.4) is 0 Å². The van der Waals surface area contributed by atoms with E-state index in [1.165, 1.54) is 0 Å². The van der Waals surface area contributed by atoms with Crippen LogP contribution in [0.2, 0.25) is 0 Å². The van der Waals surface area contributed by atoms with Gasteiger partial charge in [-0.1, -0.05) is 6.07 Å². The zero-order valence-corrected chi connectivity index (χ0v) is 10.4. The second-order valence-electron chi connectivity index (χ2n) is 3.71. The molecule has 0 amide bonds. The van der Waals surface area contributed by atoms with Gasteiger partial charge in [0.05, 0.1) is 6.61 Å². The van der Waals surface area contributed by atoms with Gasteiger partial charge in [-0.15, -0.1) is 11.3 Å². The molecule has 0 aliphatic heterocycles. The van der Waals surface area contributed by atoms with Crippen molar-refractivity contribution in [3.05, 3.63) is 29.1 Å². The lowest BCUT2D eigenvalue weighted by molar-refractivity contribution is -0.143. The van der Waals surface area contributed by atoms with Crippen molar-refractivity contribution in [3.63, 3.8) is 0 Å². The number of ether oxygens (including phenoxy) is 1. The Morgan fingerprint density at radius 1 is 1.41 bits per heavy atom. The summed E-state index contributed by atoms with van der Waals surface area (Å²) >= 11 is 1.58. The van der Waals surface area contributed by atoms with Gasteiger partial charge in [-0.3, -0.25) is 4.79 Å². The van der Waals surface area contributed by atoms with E-state index in [1.54, 1.807) is 24.3 Å². The Bertz CT molecular complexity index is 530. The average molecular weight is 250 g/mol. The Balaban J connectivity index is 2.16. The quantitative estimate of drug-likeness (QED) is 0.848. The first kappa shape index (κ1) is 11.9. The Hall–Kier alpha value is -1.55. The number of thiophene rings is 1. The smallest absolute Gasteiger partial charge is 0.306 e. The Labute approximate surface area is 104 Å². The van der Waals surface area contributed by atoms with Crippen LogP contribution >= 0.6 is 11.3 Å². The van der Waals surface area contributed by atoms with Crippen LogP contribution in [0.15, 0.2) is 23.6 Å². The fourth-order valence-corrected chi connectivity index (χ4v) is 2.73. The molecule has 1 aromatic heterocycles. The van der Waals surface area contributed by atoms with Gasteiger partial charge in [0.15, 0.2) is 0 Å². The third kappa shape index (κ3) is 2.58. The molecule has 0 unspecified atom stereocenters. The van der Waals surface area contributed by atoms with Gasteiger partial charge in [0.2, 0.25) is 0 Å². The molecule has 0 atom stereocenters. The highest BCUT2D eigenvalue weighted by Crippen LogP contribution is 2.32. The van der Waals surface area contributed by atoms with E-state index >= 15 is 0 Å². The van der Waals surface area contributed by atoms with Gasteiger partial charge in [0.25, 0.3) is 0 Å². The number of aromatic hydroxyl groups is 1. The second kappa shape index (κ2) is 5.19. The lowest BCUT2D eigenvalue weighted by atomic mass is 10.1. The summed E-state index contributed by atoms with van der Waals surface area (Å²) in [7, 11) is 0. The van der Waals surface area contributed by atoms with Crippen molar-refractivity contribution >= 4 is 27.4 Å². The number of phenols is 1. The van der Waals surface area contributed by atoms with Crippen LogP contribution in [0.4, 0.5) is 0 Å². The number of hydrogen-bond donors (Lipinski definition) is 1. The van der Waals surface area contributed by atoms with Crippen LogP contribution in [-0.2, 0) is 16.0 Å². The van der Waals surface area contributed by atoms with Crippen LogP contribution in [0.5, 0.6) is 5.75 Å². The summed E-state index contributed by atoms with van der Waals surface area (Å²) in [6.07, 6.45) is 1.03. The van der Waals surface area contributed by atoms with E-state index < -0.39 is 0 Å². The molecule has 1 aromatic carbocycles. The highest BCUT2D eigenvalue weighted by molar-refractivity contribution is 7.17. The molecule has 0 fully saturated rings. The lowest BCUT2D eigenvalue weighted by Gasteiger charge is -2.04. The van der Waals surface area contributed by atoms with E-state index in [1.807, 2.05) is 17.5 Å². The molecule has 3 nitrogen and oxygen atoms in total. The van der Waals surface area contributed by atoms with Crippen LogP contribution < -0.4 is 0 Å². The van der Waals surface area contributed by atoms with Crippen molar-refractivity contribution in [1.29, 1.82) is 0 Å². The maximum absolute atomic E-state index is 11.3. The molecule has 90 valence electrons. The van der Waals surface area contributed by atoms with Crippen LogP contribution in [0, 0.1) is 0 Å². The summed E-state index contributed by atoms with van der Waals surface area (Å²) < 4.78 is 5.95. The molecule has 0 saturated heterocycles. The van der Waals surface area contributed by atoms with E-state index in [4.69, 9.17) is 4.74 Å². The summed E-state index contributed by atoms with van der Waals surface area (Å²) in [5.74, 6) is 0.117. The molecular weight excluding hydrogens is 236 g/mol. The van der Waals surface area contributed by atoms with Crippen LogP contribution in [0.25, 0.3) is 10.1 Å². The van der Waals surface area contributed by atoms with Crippen molar-refractivity contribution in [2.45, 2.75) is 19.8 Å². The number of benzene rings is 1. The minimum atomic E-state index is -0.176. The summed E-state index contributed by atoms with van der Waals surface area (Å²) in [6.45, 7) is 2.22. The SMILES string of the molecule is CCOC(=O)CCc1ccc(O)c2ccsc12. The number of carbonyl (C=O) groups is 1. The predicted octanol–water partition coefficient (Wildman–Crippen LogP) is 3.10. The van der Waals surface area contributed by atoms with E-state index in [0.29, 0.717) is 25.2 Å². The van der Waals surface area contributed by atoms with Crippen molar-refractivity contribution in [2.75, 3.05) is 6.61 Å². The molecule has 0 aliphatic carbocycles. The maximum atomic E-state index is 11.3. The second-order valence-corrected chi connectivity index (χ2v) is 4.63. The number of phenolic OH excluding ortho intramolecular Hbond substituents is 1. The summed E-state index contributed by atoms with van der Waals surface area (Å²) in [5.41, 5.74) is 1.08. The highest BCUT2D eigenvalue weighted by Gasteiger charge is 2.09. The molecule has 4 heteroatoms. The normalized spacial score (nSPS) is 10.6. The van der Waals surface area contributed by atoms with Gasteiger partial charge in [-0.2, -0.15) is 0 Å². The lowest BCUT2D eigenvalue weighted by Crippen LogP contribution is -2.05. The van der Waals surface area contributed by atoms with Crippen molar-refractivity contribution < 1.29 is 14.6 Å². The molecule has 2 aromatic rings. The van der Waals surface area contributed by atoms with Gasteiger partial charge in [-0.25, -0.2) is 0 Å². The molecule has 0 spiro atoms. The molecule has 0 saturated carbocycles. The van der Waals surface area contributed by atoms with E-state index in [9.17, 15) is 9.90 Å². The average Bonchev–Trinajstić information content (AvgIpc) is 2.78.